The number of hydrogen-bond donors (Lipinski definition) is 10. The Hall–Kier alpha value is -3.87. The van der Waals surface area contributed by atoms with Crippen molar-refractivity contribution in [2.45, 2.75) is 75.3 Å². The van der Waals surface area contributed by atoms with Gasteiger partial charge in [-0.25, -0.2) is 0 Å². The summed E-state index contributed by atoms with van der Waals surface area (Å²) in [6, 6.07) is 3.67. The van der Waals surface area contributed by atoms with Gasteiger partial charge in [0, 0.05) is 17.7 Å². The van der Waals surface area contributed by atoms with Crippen molar-refractivity contribution in [3.8, 4) is 45.8 Å². The van der Waals surface area contributed by atoms with E-state index < -0.39 is 112 Å². The Balaban J connectivity index is 1.63. The molecule has 0 radical (unpaired) electrons. The SMILES string of the molecule is C[C@@H]1O[C@@H](O[C@H]2[C@H](Oc3c(-c4cc(O)c(O)c(O)c4)oc4cc(O)cc(O)c4c3=O)O[C@@H](C)[C@H](O)[C@H]2O)[C@H](O)[C@H](O)[C@H]1O. The molecular formula is C27H30O16. The van der Waals surface area contributed by atoms with Crippen molar-refractivity contribution in [2.24, 2.45) is 0 Å². The molecule has 16 heteroatoms. The largest absolute Gasteiger partial charge is 0.508 e. The number of aliphatic hydroxyl groups excluding tert-OH is 5. The number of phenolic OH excluding ortho intramolecular Hbond substituents is 5. The van der Waals surface area contributed by atoms with E-state index in [1.165, 1.54) is 13.8 Å². The zero-order valence-electron chi connectivity index (χ0n) is 22.5. The van der Waals surface area contributed by atoms with Crippen molar-refractivity contribution in [3.63, 3.8) is 0 Å². The molecule has 1 aromatic heterocycles. The molecule has 2 aliphatic rings. The Bertz CT molecular complexity index is 1550. The minimum absolute atomic E-state index is 0.233. The topological polar surface area (TPSA) is 269 Å². The fourth-order valence-electron chi connectivity index (χ4n) is 4.94. The molecule has 0 amide bonds. The van der Waals surface area contributed by atoms with Gasteiger partial charge in [-0.3, -0.25) is 4.79 Å². The Morgan fingerprint density at radius 3 is 1.91 bits per heavy atom. The second kappa shape index (κ2) is 11.3. The highest BCUT2D eigenvalue weighted by Crippen LogP contribution is 2.43. The van der Waals surface area contributed by atoms with E-state index in [1.54, 1.807) is 0 Å². The van der Waals surface area contributed by atoms with E-state index in [4.69, 9.17) is 23.4 Å². The molecule has 0 unspecified atom stereocenters. The lowest BCUT2D eigenvalue weighted by atomic mass is 9.98. The number of phenols is 5. The highest BCUT2D eigenvalue weighted by atomic mass is 16.8. The number of benzene rings is 2. The summed E-state index contributed by atoms with van der Waals surface area (Å²) in [6.07, 6.45) is -15.8. The van der Waals surface area contributed by atoms with E-state index in [9.17, 15) is 55.9 Å². The van der Waals surface area contributed by atoms with Gasteiger partial charge in [0.05, 0.1) is 12.2 Å². The molecule has 3 heterocycles. The van der Waals surface area contributed by atoms with Gasteiger partial charge in [0.15, 0.2) is 35.4 Å². The van der Waals surface area contributed by atoms with Crippen LogP contribution >= 0.6 is 0 Å². The average Bonchev–Trinajstić information content (AvgIpc) is 2.94. The highest BCUT2D eigenvalue weighted by Gasteiger charge is 2.50. The van der Waals surface area contributed by atoms with E-state index in [1.807, 2.05) is 0 Å². The summed E-state index contributed by atoms with van der Waals surface area (Å²) in [4.78, 5) is 13.7. The predicted molar refractivity (Wildman–Crippen MR) is 140 cm³/mol. The van der Waals surface area contributed by atoms with Gasteiger partial charge in [-0.15, -0.1) is 0 Å². The molecule has 10 atom stereocenters. The normalized spacial score (nSPS) is 33.0. The smallest absolute Gasteiger partial charge is 0.239 e. The number of aromatic hydroxyl groups is 5. The van der Waals surface area contributed by atoms with Gasteiger partial charge in [-0.1, -0.05) is 0 Å². The first-order valence-corrected chi connectivity index (χ1v) is 13.0. The predicted octanol–water partition coefficient (Wildman–Crippen LogP) is -0.954. The van der Waals surface area contributed by atoms with Crippen LogP contribution in [0.2, 0.25) is 0 Å². The second-order valence-electron chi connectivity index (χ2n) is 10.4. The van der Waals surface area contributed by atoms with Gasteiger partial charge in [0.25, 0.3) is 0 Å². The molecule has 0 spiro atoms. The fourth-order valence-corrected chi connectivity index (χ4v) is 4.94. The molecule has 2 aliphatic heterocycles. The number of fused-ring (bicyclic) bond motifs is 1. The lowest BCUT2D eigenvalue weighted by Crippen LogP contribution is -2.63. The standard InChI is InChI=1S/C27H30O16/c1-7-16(32)20(36)22(38)26(39-7)43-25-21(37)17(33)8(2)40-27(25)42-24-19(35)15-11(29)5-10(28)6-14(15)41-23(24)9-3-12(30)18(34)13(31)4-9/h3-8,16-17,20-22,25-34,36-38H,1-2H3/t7-,8-,16-,17-,20+,21+,22+,25+,26-,27-/m0/s1. The van der Waals surface area contributed by atoms with Gasteiger partial charge >= 0.3 is 0 Å². The van der Waals surface area contributed by atoms with Crippen LogP contribution in [0.5, 0.6) is 34.5 Å². The Kier molecular flexibility index (Phi) is 8.05. The molecule has 5 rings (SSSR count). The molecular weight excluding hydrogens is 580 g/mol. The number of rotatable bonds is 5. The molecule has 3 aromatic rings. The van der Waals surface area contributed by atoms with Crippen molar-refractivity contribution in [1.82, 2.24) is 0 Å². The molecule has 0 aliphatic carbocycles. The number of aliphatic hydroxyl groups is 5. The van der Waals surface area contributed by atoms with Crippen LogP contribution < -0.4 is 10.2 Å². The van der Waals surface area contributed by atoms with Crippen LogP contribution in [0, 0.1) is 0 Å². The summed E-state index contributed by atoms with van der Waals surface area (Å²) < 4.78 is 28.4. The first-order valence-electron chi connectivity index (χ1n) is 13.0. The zero-order valence-corrected chi connectivity index (χ0v) is 22.5. The lowest BCUT2D eigenvalue weighted by Gasteiger charge is -2.45. The molecule has 0 saturated carbocycles. The Morgan fingerprint density at radius 2 is 1.28 bits per heavy atom. The van der Waals surface area contributed by atoms with Crippen molar-refractivity contribution in [2.75, 3.05) is 0 Å². The van der Waals surface area contributed by atoms with E-state index in [0.29, 0.717) is 0 Å². The van der Waals surface area contributed by atoms with Crippen LogP contribution in [-0.4, -0.2) is 112 Å². The van der Waals surface area contributed by atoms with Gasteiger partial charge in [-0.05, 0) is 26.0 Å². The quantitative estimate of drug-likeness (QED) is 0.156. The van der Waals surface area contributed by atoms with Crippen molar-refractivity contribution >= 4 is 11.0 Å². The molecule has 2 aromatic carbocycles. The number of hydrogen-bond acceptors (Lipinski definition) is 16. The van der Waals surface area contributed by atoms with Crippen molar-refractivity contribution in [1.29, 1.82) is 0 Å². The van der Waals surface area contributed by atoms with Crippen molar-refractivity contribution in [3.05, 3.63) is 34.5 Å². The Labute approximate surface area is 241 Å². The first-order chi connectivity index (χ1) is 20.2. The van der Waals surface area contributed by atoms with Gasteiger partial charge in [-0.2, -0.15) is 0 Å². The van der Waals surface area contributed by atoms with E-state index >= 15 is 0 Å². The van der Waals surface area contributed by atoms with E-state index in [-0.39, 0.29) is 11.1 Å². The molecule has 0 bridgehead atoms. The maximum absolute atomic E-state index is 13.7. The minimum atomic E-state index is -1.83. The van der Waals surface area contributed by atoms with Crippen LogP contribution in [0.4, 0.5) is 0 Å². The molecule has 2 fully saturated rings. The zero-order chi connectivity index (χ0) is 31.5. The maximum atomic E-state index is 13.7. The van der Waals surface area contributed by atoms with Gasteiger partial charge in [0.1, 0.15) is 53.0 Å². The van der Waals surface area contributed by atoms with Crippen LogP contribution in [0.25, 0.3) is 22.3 Å². The van der Waals surface area contributed by atoms with Crippen LogP contribution in [0.15, 0.2) is 33.5 Å². The van der Waals surface area contributed by atoms with E-state index in [0.717, 1.165) is 24.3 Å². The maximum Gasteiger partial charge on any atom is 0.239 e. The Morgan fingerprint density at radius 1 is 0.698 bits per heavy atom. The second-order valence-corrected chi connectivity index (χ2v) is 10.4. The average molecular weight is 611 g/mol. The summed E-state index contributed by atoms with van der Waals surface area (Å²) >= 11 is 0. The number of ether oxygens (including phenoxy) is 4. The molecule has 43 heavy (non-hydrogen) atoms. The van der Waals surface area contributed by atoms with Crippen molar-refractivity contribution < 1.29 is 74.4 Å². The fraction of sp³-hybridized carbons (Fsp3) is 0.444. The summed E-state index contributed by atoms with van der Waals surface area (Å²) in [6.45, 7) is 2.75. The van der Waals surface area contributed by atoms with Gasteiger partial charge in [0.2, 0.25) is 17.5 Å². The monoisotopic (exact) mass is 610 g/mol. The molecule has 16 nitrogen and oxygen atoms in total. The third kappa shape index (κ3) is 5.39. The summed E-state index contributed by atoms with van der Waals surface area (Å²) in [5.74, 6) is -4.95. The highest BCUT2D eigenvalue weighted by molar-refractivity contribution is 5.88. The molecule has 234 valence electrons. The third-order valence-electron chi connectivity index (χ3n) is 7.37. The molecule has 10 N–H and O–H groups in total. The van der Waals surface area contributed by atoms with Gasteiger partial charge < -0.3 is 74.4 Å². The first kappa shape index (κ1) is 30.6. The van der Waals surface area contributed by atoms with Crippen LogP contribution in [0.1, 0.15) is 13.8 Å². The van der Waals surface area contributed by atoms with Crippen LogP contribution in [0.3, 0.4) is 0 Å². The third-order valence-corrected chi connectivity index (χ3v) is 7.37. The summed E-state index contributed by atoms with van der Waals surface area (Å²) in [5.41, 5.74) is -1.64. The summed E-state index contributed by atoms with van der Waals surface area (Å²) in [7, 11) is 0. The lowest BCUT2D eigenvalue weighted by molar-refractivity contribution is -0.352. The van der Waals surface area contributed by atoms with E-state index in [2.05, 4.69) is 0 Å². The minimum Gasteiger partial charge on any atom is -0.508 e. The molecule has 2 saturated heterocycles. The van der Waals surface area contributed by atoms with Crippen LogP contribution in [-0.2, 0) is 14.2 Å². The summed E-state index contributed by atoms with van der Waals surface area (Å²) in [5, 5.41) is 102.